The molecule has 0 bridgehead atoms. The van der Waals surface area contributed by atoms with E-state index in [9.17, 15) is 0 Å². The predicted octanol–water partition coefficient (Wildman–Crippen LogP) is 0.904. The number of hydrogen-bond donors (Lipinski definition) is 2. The SMILES string of the molecule is CCn1cnc2nc(Cl)nc(NCCO)c21. The molecule has 16 heavy (non-hydrogen) atoms. The molecule has 0 fully saturated rings. The number of nitrogens with one attached hydrogen (secondary N) is 1. The lowest BCUT2D eigenvalue weighted by molar-refractivity contribution is 0.311. The van der Waals surface area contributed by atoms with Crippen LogP contribution < -0.4 is 5.32 Å². The standard InChI is InChI=1S/C9H12ClN5O/c1-2-15-5-12-8-6(15)7(11-3-4-16)13-9(10)14-8/h5,16H,2-4H2,1H3,(H,11,13,14). The monoisotopic (exact) mass is 241 g/mol. The van der Waals surface area contributed by atoms with E-state index in [2.05, 4.69) is 20.3 Å². The van der Waals surface area contributed by atoms with Crippen molar-refractivity contribution in [2.45, 2.75) is 13.5 Å². The Kier molecular flexibility index (Phi) is 3.21. The summed E-state index contributed by atoms with van der Waals surface area (Å²) in [6, 6.07) is 0. The number of anilines is 1. The maximum atomic E-state index is 8.78. The van der Waals surface area contributed by atoms with Crippen LogP contribution in [0.25, 0.3) is 11.2 Å². The molecule has 7 heteroatoms. The Bertz CT molecular complexity index is 498. The first-order chi connectivity index (χ1) is 7.76. The largest absolute Gasteiger partial charge is 0.395 e. The second-order valence-electron chi connectivity index (χ2n) is 3.19. The van der Waals surface area contributed by atoms with Crippen LogP contribution in [0.15, 0.2) is 6.33 Å². The highest BCUT2D eigenvalue weighted by atomic mass is 35.5. The molecule has 0 aliphatic carbocycles. The van der Waals surface area contributed by atoms with Gasteiger partial charge < -0.3 is 15.0 Å². The Hall–Kier alpha value is -1.40. The van der Waals surface area contributed by atoms with Crippen LogP contribution in [0, 0.1) is 0 Å². The van der Waals surface area contributed by atoms with E-state index >= 15 is 0 Å². The van der Waals surface area contributed by atoms with E-state index in [0.717, 1.165) is 12.1 Å². The summed E-state index contributed by atoms with van der Waals surface area (Å²) in [5.74, 6) is 0.600. The fourth-order valence-electron chi connectivity index (χ4n) is 1.49. The molecule has 0 saturated carbocycles. The Morgan fingerprint density at radius 2 is 2.31 bits per heavy atom. The van der Waals surface area contributed by atoms with Crippen LogP contribution in [0.2, 0.25) is 5.28 Å². The molecule has 2 rings (SSSR count). The van der Waals surface area contributed by atoms with Crippen LogP contribution in [-0.4, -0.2) is 37.8 Å². The van der Waals surface area contributed by atoms with Crippen molar-refractivity contribution in [1.82, 2.24) is 19.5 Å². The molecule has 2 aromatic heterocycles. The van der Waals surface area contributed by atoms with E-state index in [1.165, 1.54) is 0 Å². The zero-order valence-corrected chi connectivity index (χ0v) is 9.57. The van der Waals surface area contributed by atoms with Gasteiger partial charge >= 0.3 is 0 Å². The van der Waals surface area contributed by atoms with Gasteiger partial charge in [0.25, 0.3) is 0 Å². The average Bonchev–Trinajstić information content (AvgIpc) is 2.68. The van der Waals surface area contributed by atoms with Crippen LogP contribution in [0.3, 0.4) is 0 Å². The third-order valence-electron chi connectivity index (χ3n) is 2.19. The average molecular weight is 242 g/mol. The van der Waals surface area contributed by atoms with Crippen molar-refractivity contribution in [1.29, 1.82) is 0 Å². The molecule has 6 nitrogen and oxygen atoms in total. The molecule has 0 radical (unpaired) electrons. The van der Waals surface area contributed by atoms with Crippen LogP contribution >= 0.6 is 11.6 Å². The molecular formula is C9H12ClN5O. The second kappa shape index (κ2) is 4.63. The summed E-state index contributed by atoms with van der Waals surface area (Å²) < 4.78 is 1.92. The number of aromatic nitrogens is 4. The maximum absolute atomic E-state index is 8.78. The Morgan fingerprint density at radius 1 is 1.50 bits per heavy atom. The lowest BCUT2D eigenvalue weighted by Crippen LogP contribution is -2.09. The summed E-state index contributed by atoms with van der Waals surface area (Å²) in [7, 11) is 0. The first-order valence-electron chi connectivity index (χ1n) is 4.99. The lowest BCUT2D eigenvalue weighted by atomic mass is 10.4. The molecule has 0 saturated heterocycles. The van der Waals surface area contributed by atoms with Crippen molar-refractivity contribution >= 4 is 28.6 Å². The van der Waals surface area contributed by atoms with Crippen LogP contribution in [0.5, 0.6) is 0 Å². The molecule has 2 heterocycles. The number of aliphatic hydroxyl groups is 1. The van der Waals surface area contributed by atoms with Gasteiger partial charge in [0.15, 0.2) is 11.5 Å². The van der Waals surface area contributed by atoms with Crippen molar-refractivity contribution in [3.05, 3.63) is 11.6 Å². The molecule has 0 atom stereocenters. The van der Waals surface area contributed by atoms with Crippen molar-refractivity contribution < 1.29 is 5.11 Å². The quantitative estimate of drug-likeness (QED) is 0.778. The van der Waals surface area contributed by atoms with Crippen molar-refractivity contribution in [2.75, 3.05) is 18.5 Å². The van der Waals surface area contributed by atoms with E-state index in [1.807, 2.05) is 11.5 Å². The number of fused-ring (bicyclic) bond motifs is 1. The fourth-order valence-corrected chi connectivity index (χ4v) is 1.65. The second-order valence-corrected chi connectivity index (χ2v) is 3.53. The van der Waals surface area contributed by atoms with Gasteiger partial charge in [-0.2, -0.15) is 9.97 Å². The van der Waals surface area contributed by atoms with E-state index in [-0.39, 0.29) is 11.9 Å². The molecule has 0 amide bonds. The Morgan fingerprint density at radius 3 is 3.00 bits per heavy atom. The van der Waals surface area contributed by atoms with Gasteiger partial charge in [-0.05, 0) is 18.5 Å². The highest BCUT2D eigenvalue weighted by Gasteiger charge is 2.11. The minimum absolute atomic E-state index is 0.0311. The Balaban J connectivity index is 2.54. The number of aryl methyl sites for hydroxylation is 1. The van der Waals surface area contributed by atoms with Gasteiger partial charge in [-0.25, -0.2) is 4.98 Å². The summed E-state index contributed by atoms with van der Waals surface area (Å²) in [5, 5.41) is 11.9. The first kappa shape index (κ1) is 11.1. The Labute approximate surface area is 97.3 Å². The van der Waals surface area contributed by atoms with Gasteiger partial charge in [0.2, 0.25) is 5.28 Å². The van der Waals surface area contributed by atoms with Gasteiger partial charge in [-0.3, -0.25) is 0 Å². The van der Waals surface area contributed by atoms with Crippen LogP contribution in [0.1, 0.15) is 6.92 Å². The third-order valence-corrected chi connectivity index (χ3v) is 2.36. The smallest absolute Gasteiger partial charge is 0.226 e. The molecule has 0 unspecified atom stereocenters. The maximum Gasteiger partial charge on any atom is 0.226 e. The zero-order chi connectivity index (χ0) is 11.5. The summed E-state index contributed by atoms with van der Waals surface area (Å²) in [5.41, 5.74) is 1.36. The van der Waals surface area contributed by atoms with Crippen LogP contribution in [-0.2, 0) is 6.54 Å². The summed E-state index contributed by atoms with van der Waals surface area (Å²) in [4.78, 5) is 12.3. The number of aliphatic hydroxyl groups excluding tert-OH is 1. The molecule has 0 aliphatic heterocycles. The molecule has 2 N–H and O–H groups in total. The number of nitrogens with zero attached hydrogens (tertiary/aromatic N) is 4. The van der Waals surface area contributed by atoms with Gasteiger partial charge in [-0.1, -0.05) is 0 Å². The molecule has 86 valence electrons. The van der Waals surface area contributed by atoms with E-state index < -0.39 is 0 Å². The molecular weight excluding hydrogens is 230 g/mol. The number of rotatable bonds is 4. The zero-order valence-electron chi connectivity index (χ0n) is 8.81. The minimum Gasteiger partial charge on any atom is -0.395 e. The summed E-state index contributed by atoms with van der Waals surface area (Å²) in [6.45, 7) is 3.22. The predicted molar refractivity (Wildman–Crippen MR) is 61.6 cm³/mol. The number of hydrogen-bond acceptors (Lipinski definition) is 5. The number of halogens is 1. The van der Waals surface area contributed by atoms with Crippen molar-refractivity contribution in [2.24, 2.45) is 0 Å². The first-order valence-corrected chi connectivity index (χ1v) is 5.37. The normalized spacial score (nSPS) is 10.9. The van der Waals surface area contributed by atoms with Gasteiger partial charge in [0.1, 0.15) is 5.52 Å². The molecule has 0 aliphatic rings. The molecule has 2 aromatic rings. The minimum atomic E-state index is 0.0311. The third kappa shape index (κ3) is 1.94. The van der Waals surface area contributed by atoms with E-state index in [4.69, 9.17) is 16.7 Å². The van der Waals surface area contributed by atoms with Gasteiger partial charge in [0.05, 0.1) is 12.9 Å². The molecule has 0 spiro atoms. The van der Waals surface area contributed by atoms with E-state index in [0.29, 0.717) is 18.0 Å². The highest BCUT2D eigenvalue weighted by molar-refractivity contribution is 6.28. The van der Waals surface area contributed by atoms with Gasteiger partial charge in [-0.15, -0.1) is 0 Å². The summed E-state index contributed by atoms with van der Waals surface area (Å²) >= 11 is 5.78. The topological polar surface area (TPSA) is 75.9 Å². The summed E-state index contributed by atoms with van der Waals surface area (Å²) in [6.07, 6.45) is 1.69. The lowest BCUT2D eigenvalue weighted by Gasteiger charge is -2.07. The molecule has 0 aromatic carbocycles. The van der Waals surface area contributed by atoms with E-state index in [1.54, 1.807) is 6.33 Å². The van der Waals surface area contributed by atoms with Gasteiger partial charge in [0, 0.05) is 13.1 Å². The highest BCUT2D eigenvalue weighted by Crippen LogP contribution is 2.21. The van der Waals surface area contributed by atoms with Crippen molar-refractivity contribution in [3.8, 4) is 0 Å². The van der Waals surface area contributed by atoms with Crippen molar-refractivity contribution in [3.63, 3.8) is 0 Å². The van der Waals surface area contributed by atoms with Crippen LogP contribution in [0.4, 0.5) is 5.82 Å². The fraction of sp³-hybridized carbons (Fsp3) is 0.444. The number of imidazole rings is 1.